The van der Waals surface area contributed by atoms with Gasteiger partial charge in [-0.15, -0.1) is 0 Å². The van der Waals surface area contributed by atoms with Gasteiger partial charge in [0.05, 0.1) is 12.7 Å². The Hall–Kier alpha value is -1.61. The quantitative estimate of drug-likeness (QED) is 0.781. The average Bonchev–Trinajstić information content (AvgIpc) is 2.81. The Labute approximate surface area is 108 Å². The van der Waals surface area contributed by atoms with Crippen LogP contribution in [-0.4, -0.2) is 15.7 Å². The van der Waals surface area contributed by atoms with Crippen LogP contribution < -0.4 is 0 Å². The van der Waals surface area contributed by atoms with Gasteiger partial charge in [-0.2, -0.15) is 0 Å². The van der Waals surface area contributed by atoms with Crippen LogP contribution in [0.5, 0.6) is 0 Å². The fourth-order valence-electron chi connectivity index (χ4n) is 1.91. The van der Waals surface area contributed by atoms with Gasteiger partial charge in [-0.1, -0.05) is 37.3 Å². The molecule has 1 aromatic carbocycles. The minimum Gasteiger partial charge on any atom is -0.373 e. The first-order valence-corrected chi connectivity index (χ1v) is 6.41. The van der Waals surface area contributed by atoms with Crippen molar-refractivity contribution in [1.82, 2.24) is 9.55 Å². The molecule has 0 spiro atoms. The lowest BCUT2D eigenvalue weighted by atomic mass is 10.2. The maximum Gasteiger partial charge on any atom is 0.110 e. The third-order valence-electron chi connectivity index (χ3n) is 3.12. The van der Waals surface area contributed by atoms with Crippen LogP contribution in [0.1, 0.15) is 24.7 Å². The van der Waals surface area contributed by atoms with Crippen molar-refractivity contribution in [1.29, 1.82) is 0 Å². The van der Waals surface area contributed by atoms with Crippen molar-refractivity contribution in [2.75, 3.05) is 0 Å². The molecule has 2 aromatic rings. The molecule has 0 radical (unpaired) electrons. The van der Waals surface area contributed by atoms with E-state index in [-0.39, 0.29) is 6.10 Å². The van der Waals surface area contributed by atoms with Gasteiger partial charge in [0, 0.05) is 25.9 Å². The first kappa shape index (κ1) is 12.8. The molecule has 1 aromatic heterocycles. The third-order valence-corrected chi connectivity index (χ3v) is 3.12. The second-order valence-electron chi connectivity index (χ2n) is 4.49. The van der Waals surface area contributed by atoms with Crippen molar-refractivity contribution >= 4 is 0 Å². The summed E-state index contributed by atoms with van der Waals surface area (Å²) in [5, 5.41) is 0. The molecule has 2 rings (SSSR count). The monoisotopic (exact) mass is 244 g/mol. The van der Waals surface area contributed by atoms with Gasteiger partial charge in [0.1, 0.15) is 5.82 Å². The van der Waals surface area contributed by atoms with Crippen LogP contribution >= 0.6 is 0 Å². The maximum absolute atomic E-state index is 5.95. The molecule has 1 unspecified atom stereocenters. The molecule has 0 aliphatic carbocycles. The zero-order chi connectivity index (χ0) is 12.8. The zero-order valence-electron chi connectivity index (χ0n) is 11.0. The highest BCUT2D eigenvalue weighted by Crippen LogP contribution is 2.10. The Morgan fingerprint density at radius 2 is 2.06 bits per heavy atom. The molecule has 3 nitrogen and oxygen atoms in total. The summed E-state index contributed by atoms with van der Waals surface area (Å²) in [6, 6.07) is 10.3. The summed E-state index contributed by atoms with van der Waals surface area (Å²) in [6.07, 6.45) is 5.90. The van der Waals surface area contributed by atoms with Crippen LogP contribution in [0.25, 0.3) is 0 Å². The number of aromatic nitrogens is 2. The number of aryl methyl sites for hydroxylation is 1. The van der Waals surface area contributed by atoms with Gasteiger partial charge in [-0.3, -0.25) is 0 Å². The van der Waals surface area contributed by atoms with E-state index in [9.17, 15) is 0 Å². The number of ether oxygens (including phenoxy) is 1. The van der Waals surface area contributed by atoms with Crippen LogP contribution in [0, 0.1) is 0 Å². The van der Waals surface area contributed by atoms with E-state index in [2.05, 4.69) is 28.6 Å². The summed E-state index contributed by atoms with van der Waals surface area (Å²) in [5.74, 6) is 1.08. The second kappa shape index (κ2) is 6.36. The molecule has 0 saturated heterocycles. The van der Waals surface area contributed by atoms with Crippen LogP contribution in [-0.2, 0) is 24.8 Å². The van der Waals surface area contributed by atoms with E-state index < -0.39 is 0 Å². The van der Waals surface area contributed by atoms with E-state index in [4.69, 9.17) is 4.74 Å². The number of imidazole rings is 1. The normalized spacial score (nSPS) is 12.6. The van der Waals surface area contributed by atoms with E-state index in [1.54, 1.807) is 0 Å². The number of nitrogens with zero attached hydrogens (tertiary/aromatic N) is 2. The Bertz CT molecular complexity index is 464. The van der Waals surface area contributed by atoms with E-state index >= 15 is 0 Å². The highest BCUT2D eigenvalue weighted by atomic mass is 16.5. The van der Waals surface area contributed by atoms with E-state index in [0.29, 0.717) is 6.61 Å². The van der Waals surface area contributed by atoms with Crippen LogP contribution in [0.15, 0.2) is 42.7 Å². The van der Waals surface area contributed by atoms with Crippen LogP contribution in [0.3, 0.4) is 0 Å². The molecule has 0 saturated carbocycles. The summed E-state index contributed by atoms with van der Waals surface area (Å²) in [6.45, 7) is 2.82. The summed E-state index contributed by atoms with van der Waals surface area (Å²) in [4.78, 5) is 4.34. The lowest BCUT2D eigenvalue weighted by molar-refractivity contribution is 0.0368. The Kier molecular flexibility index (Phi) is 4.53. The Morgan fingerprint density at radius 3 is 2.67 bits per heavy atom. The molecule has 1 atom stereocenters. The predicted octanol–water partition coefficient (Wildman–Crippen LogP) is 2.96. The van der Waals surface area contributed by atoms with Gasteiger partial charge >= 0.3 is 0 Å². The van der Waals surface area contributed by atoms with Crippen molar-refractivity contribution in [3.05, 3.63) is 54.1 Å². The van der Waals surface area contributed by atoms with E-state index in [1.165, 1.54) is 5.56 Å². The SMILES string of the molecule is CCC(Cc1nccn1C)OCc1ccccc1. The molecule has 0 bridgehead atoms. The number of hydrogen-bond donors (Lipinski definition) is 0. The Morgan fingerprint density at radius 1 is 1.28 bits per heavy atom. The lowest BCUT2D eigenvalue weighted by Gasteiger charge is -2.16. The van der Waals surface area contributed by atoms with Gasteiger partial charge in [0.2, 0.25) is 0 Å². The zero-order valence-corrected chi connectivity index (χ0v) is 11.0. The minimum atomic E-state index is 0.228. The average molecular weight is 244 g/mol. The molecule has 0 N–H and O–H groups in total. The fraction of sp³-hybridized carbons (Fsp3) is 0.400. The maximum atomic E-state index is 5.95. The highest BCUT2D eigenvalue weighted by molar-refractivity contribution is 5.13. The largest absolute Gasteiger partial charge is 0.373 e. The highest BCUT2D eigenvalue weighted by Gasteiger charge is 2.11. The second-order valence-corrected chi connectivity index (χ2v) is 4.49. The van der Waals surface area contributed by atoms with E-state index in [0.717, 1.165) is 18.7 Å². The van der Waals surface area contributed by atoms with Gasteiger partial charge in [-0.05, 0) is 12.0 Å². The van der Waals surface area contributed by atoms with Crippen molar-refractivity contribution in [2.45, 2.75) is 32.5 Å². The molecule has 0 aliphatic rings. The molecule has 96 valence electrons. The van der Waals surface area contributed by atoms with Gasteiger partial charge < -0.3 is 9.30 Å². The van der Waals surface area contributed by atoms with Crippen molar-refractivity contribution in [3.8, 4) is 0 Å². The first-order chi connectivity index (χ1) is 8.79. The molecule has 18 heavy (non-hydrogen) atoms. The molecule has 0 amide bonds. The smallest absolute Gasteiger partial charge is 0.110 e. The number of hydrogen-bond acceptors (Lipinski definition) is 2. The lowest BCUT2D eigenvalue weighted by Crippen LogP contribution is -2.17. The number of benzene rings is 1. The molecular weight excluding hydrogens is 224 g/mol. The summed E-state index contributed by atoms with van der Waals surface area (Å²) >= 11 is 0. The number of rotatable bonds is 6. The summed E-state index contributed by atoms with van der Waals surface area (Å²) in [7, 11) is 2.02. The van der Waals surface area contributed by atoms with Crippen LogP contribution in [0.2, 0.25) is 0 Å². The van der Waals surface area contributed by atoms with Gasteiger partial charge in [-0.25, -0.2) is 4.98 Å². The first-order valence-electron chi connectivity index (χ1n) is 6.41. The molecule has 0 aliphatic heterocycles. The van der Waals surface area contributed by atoms with Gasteiger partial charge in [0.15, 0.2) is 0 Å². The predicted molar refractivity (Wildman–Crippen MR) is 72.2 cm³/mol. The van der Waals surface area contributed by atoms with Crippen molar-refractivity contribution in [2.24, 2.45) is 7.05 Å². The molecular formula is C15H20N2O. The van der Waals surface area contributed by atoms with Crippen molar-refractivity contribution < 1.29 is 4.74 Å². The van der Waals surface area contributed by atoms with Crippen molar-refractivity contribution in [3.63, 3.8) is 0 Å². The minimum absolute atomic E-state index is 0.228. The topological polar surface area (TPSA) is 27.1 Å². The summed E-state index contributed by atoms with van der Waals surface area (Å²) < 4.78 is 8.00. The standard InChI is InChI=1S/C15H20N2O/c1-3-14(11-15-16-9-10-17(15)2)18-12-13-7-5-4-6-8-13/h4-10,14H,3,11-12H2,1-2H3. The Balaban J connectivity index is 1.88. The third kappa shape index (κ3) is 3.44. The molecule has 3 heteroatoms. The summed E-state index contributed by atoms with van der Waals surface area (Å²) in [5.41, 5.74) is 1.22. The molecule has 0 fully saturated rings. The van der Waals surface area contributed by atoms with E-state index in [1.807, 2.05) is 37.6 Å². The van der Waals surface area contributed by atoms with Crippen LogP contribution in [0.4, 0.5) is 0 Å². The van der Waals surface area contributed by atoms with Gasteiger partial charge in [0.25, 0.3) is 0 Å². The molecule has 1 heterocycles. The fourth-order valence-corrected chi connectivity index (χ4v) is 1.91.